The van der Waals surface area contributed by atoms with Crippen molar-refractivity contribution in [3.8, 4) is 5.88 Å². The molecule has 2 N–H and O–H groups in total. The smallest absolute Gasteiger partial charge is 0.272 e. The summed E-state index contributed by atoms with van der Waals surface area (Å²) in [7, 11) is 3.36. The number of rotatable bonds is 5. The number of pyridine rings is 1. The Hall–Kier alpha value is -1.92. The lowest BCUT2D eigenvalue weighted by Gasteiger charge is -2.12. The molecule has 0 aliphatic heterocycles. The summed E-state index contributed by atoms with van der Waals surface area (Å²) in [4.78, 5) is 7.86. The van der Waals surface area contributed by atoms with Crippen LogP contribution < -0.4 is 15.4 Å². The molecule has 0 saturated heterocycles. The molecule has 5 nitrogen and oxygen atoms in total. The normalized spacial score (nSPS) is 11.5. The molecule has 0 aliphatic rings. The summed E-state index contributed by atoms with van der Waals surface area (Å²) in [5, 5.41) is 5.84. The van der Waals surface area contributed by atoms with E-state index < -0.39 is 13.0 Å². The SMILES string of the molecule is CN=C(NC)NCc1cccnc1OCC(F)F. The van der Waals surface area contributed by atoms with Gasteiger partial charge in [-0.25, -0.2) is 13.8 Å². The van der Waals surface area contributed by atoms with Crippen molar-refractivity contribution in [1.29, 1.82) is 0 Å². The molecule has 0 spiro atoms. The van der Waals surface area contributed by atoms with Crippen LogP contribution in [0.15, 0.2) is 23.3 Å². The average Bonchev–Trinajstić information content (AvgIpc) is 2.38. The lowest BCUT2D eigenvalue weighted by molar-refractivity contribution is 0.0790. The van der Waals surface area contributed by atoms with Crippen LogP contribution in [0.5, 0.6) is 5.88 Å². The molecule has 100 valence electrons. The summed E-state index contributed by atoms with van der Waals surface area (Å²) < 4.78 is 29.1. The standard InChI is InChI=1S/C11H16F2N4O/c1-14-11(15-2)17-6-8-4-3-5-16-10(8)18-7-9(12)13/h3-5,9H,6-7H2,1-2H3,(H2,14,15,17). The van der Waals surface area contributed by atoms with Crippen molar-refractivity contribution in [2.45, 2.75) is 13.0 Å². The van der Waals surface area contributed by atoms with Gasteiger partial charge in [0.25, 0.3) is 6.43 Å². The van der Waals surface area contributed by atoms with E-state index in [4.69, 9.17) is 4.74 Å². The predicted octanol–water partition coefficient (Wildman–Crippen LogP) is 1.02. The highest BCUT2D eigenvalue weighted by Gasteiger charge is 2.09. The molecule has 18 heavy (non-hydrogen) atoms. The van der Waals surface area contributed by atoms with E-state index in [0.29, 0.717) is 18.1 Å². The molecular weight excluding hydrogens is 242 g/mol. The summed E-state index contributed by atoms with van der Waals surface area (Å²) >= 11 is 0. The van der Waals surface area contributed by atoms with Gasteiger partial charge in [0.1, 0.15) is 0 Å². The minimum Gasteiger partial charge on any atom is -0.471 e. The van der Waals surface area contributed by atoms with E-state index in [9.17, 15) is 8.78 Å². The summed E-state index contributed by atoms with van der Waals surface area (Å²) in [6.45, 7) is -0.273. The van der Waals surface area contributed by atoms with Gasteiger partial charge in [0, 0.05) is 32.4 Å². The van der Waals surface area contributed by atoms with E-state index in [0.717, 1.165) is 0 Å². The molecule has 1 rings (SSSR count). The zero-order chi connectivity index (χ0) is 13.4. The molecule has 1 aromatic heterocycles. The third kappa shape index (κ3) is 4.52. The molecule has 0 radical (unpaired) electrons. The van der Waals surface area contributed by atoms with Crippen molar-refractivity contribution in [3.63, 3.8) is 0 Å². The second-order valence-electron chi connectivity index (χ2n) is 3.35. The van der Waals surface area contributed by atoms with Crippen LogP contribution in [-0.2, 0) is 6.54 Å². The molecule has 0 fully saturated rings. The fourth-order valence-electron chi connectivity index (χ4n) is 1.29. The number of hydrogen-bond donors (Lipinski definition) is 2. The highest BCUT2D eigenvalue weighted by Crippen LogP contribution is 2.14. The van der Waals surface area contributed by atoms with Gasteiger partial charge in [-0.2, -0.15) is 0 Å². The molecule has 0 aliphatic carbocycles. The maximum atomic E-state index is 12.1. The van der Waals surface area contributed by atoms with Crippen LogP contribution >= 0.6 is 0 Å². The summed E-state index contributed by atoms with van der Waals surface area (Å²) in [6, 6.07) is 3.47. The number of hydrogen-bond acceptors (Lipinski definition) is 3. The fourth-order valence-corrected chi connectivity index (χ4v) is 1.29. The van der Waals surface area contributed by atoms with Crippen molar-refractivity contribution < 1.29 is 13.5 Å². The number of aromatic nitrogens is 1. The van der Waals surface area contributed by atoms with Crippen LogP contribution in [-0.4, -0.2) is 38.1 Å². The van der Waals surface area contributed by atoms with E-state index in [2.05, 4.69) is 20.6 Å². The van der Waals surface area contributed by atoms with Gasteiger partial charge in [0.2, 0.25) is 5.88 Å². The first kappa shape index (κ1) is 14.1. The molecule has 0 bridgehead atoms. The average molecular weight is 258 g/mol. The van der Waals surface area contributed by atoms with Crippen LogP contribution in [0.1, 0.15) is 5.56 Å². The minimum atomic E-state index is -2.52. The molecule has 0 aromatic carbocycles. The van der Waals surface area contributed by atoms with Gasteiger partial charge in [0.05, 0.1) is 0 Å². The minimum absolute atomic E-state index is 0.205. The largest absolute Gasteiger partial charge is 0.471 e. The molecule has 1 heterocycles. The Balaban J connectivity index is 2.64. The first-order valence-electron chi connectivity index (χ1n) is 5.40. The van der Waals surface area contributed by atoms with E-state index in [1.165, 1.54) is 6.20 Å². The number of nitrogens with one attached hydrogen (secondary N) is 2. The number of aliphatic imine (C=N–C) groups is 1. The van der Waals surface area contributed by atoms with Crippen molar-refractivity contribution >= 4 is 5.96 Å². The van der Waals surface area contributed by atoms with Gasteiger partial charge in [0.15, 0.2) is 12.6 Å². The zero-order valence-electron chi connectivity index (χ0n) is 10.3. The number of guanidine groups is 1. The van der Waals surface area contributed by atoms with Gasteiger partial charge in [-0.1, -0.05) is 6.07 Å². The van der Waals surface area contributed by atoms with Crippen LogP contribution in [0.4, 0.5) is 8.78 Å². The third-order valence-electron chi connectivity index (χ3n) is 2.10. The number of halogens is 2. The van der Waals surface area contributed by atoms with Crippen molar-refractivity contribution in [1.82, 2.24) is 15.6 Å². The van der Waals surface area contributed by atoms with Crippen molar-refractivity contribution in [2.75, 3.05) is 20.7 Å². The molecule has 0 unspecified atom stereocenters. The third-order valence-corrected chi connectivity index (χ3v) is 2.10. The maximum Gasteiger partial charge on any atom is 0.272 e. The van der Waals surface area contributed by atoms with Crippen LogP contribution in [0.2, 0.25) is 0 Å². The monoisotopic (exact) mass is 258 g/mol. The second-order valence-corrected chi connectivity index (χ2v) is 3.35. The molecule has 0 atom stereocenters. The van der Waals surface area contributed by atoms with Crippen molar-refractivity contribution in [2.24, 2.45) is 4.99 Å². The summed E-state index contributed by atoms with van der Waals surface area (Å²) in [6.07, 6.45) is -1.02. The Morgan fingerprint density at radius 3 is 2.94 bits per heavy atom. The Morgan fingerprint density at radius 1 is 1.56 bits per heavy atom. The Labute approximate surface area is 104 Å². The molecular formula is C11H16F2N4O. The molecule has 1 aromatic rings. The predicted molar refractivity (Wildman–Crippen MR) is 65.0 cm³/mol. The van der Waals surface area contributed by atoms with Gasteiger partial charge in [-0.3, -0.25) is 4.99 Å². The topological polar surface area (TPSA) is 58.5 Å². The van der Waals surface area contributed by atoms with Crippen LogP contribution in [0.3, 0.4) is 0 Å². The number of ether oxygens (including phenoxy) is 1. The molecule has 0 amide bonds. The van der Waals surface area contributed by atoms with Gasteiger partial charge in [-0.15, -0.1) is 0 Å². The van der Waals surface area contributed by atoms with Gasteiger partial charge >= 0.3 is 0 Å². The highest BCUT2D eigenvalue weighted by molar-refractivity contribution is 5.79. The lowest BCUT2D eigenvalue weighted by Crippen LogP contribution is -2.34. The van der Waals surface area contributed by atoms with Gasteiger partial charge < -0.3 is 15.4 Å². The van der Waals surface area contributed by atoms with Gasteiger partial charge in [-0.05, 0) is 6.07 Å². The second kappa shape index (κ2) is 7.41. The quantitative estimate of drug-likeness (QED) is 0.611. The van der Waals surface area contributed by atoms with E-state index in [-0.39, 0.29) is 5.88 Å². The highest BCUT2D eigenvalue weighted by atomic mass is 19.3. The molecule has 7 heteroatoms. The first-order chi connectivity index (χ1) is 8.67. The Bertz CT molecular complexity index is 398. The van der Waals surface area contributed by atoms with E-state index >= 15 is 0 Å². The Kier molecular flexibility index (Phi) is 5.83. The lowest BCUT2D eigenvalue weighted by atomic mass is 10.2. The van der Waals surface area contributed by atoms with Crippen LogP contribution in [0, 0.1) is 0 Å². The van der Waals surface area contributed by atoms with Crippen molar-refractivity contribution in [3.05, 3.63) is 23.9 Å². The van der Waals surface area contributed by atoms with E-state index in [1.807, 2.05) is 0 Å². The number of alkyl halides is 2. The fraction of sp³-hybridized carbons (Fsp3) is 0.455. The molecule has 0 saturated carbocycles. The van der Waals surface area contributed by atoms with Crippen LogP contribution in [0.25, 0.3) is 0 Å². The summed E-state index contributed by atoms with van der Waals surface area (Å²) in [5.74, 6) is 0.801. The van der Waals surface area contributed by atoms with E-state index in [1.54, 1.807) is 26.2 Å². The zero-order valence-corrected chi connectivity index (χ0v) is 10.3. The Morgan fingerprint density at radius 2 is 2.33 bits per heavy atom. The maximum absolute atomic E-state index is 12.1. The number of nitrogens with zero attached hydrogens (tertiary/aromatic N) is 2. The first-order valence-corrected chi connectivity index (χ1v) is 5.40. The summed E-state index contributed by atoms with van der Waals surface area (Å²) in [5.41, 5.74) is 0.689.